The monoisotopic (exact) mass is 202 g/mol. The zero-order chi connectivity index (χ0) is 10.7. The summed E-state index contributed by atoms with van der Waals surface area (Å²) in [5.74, 6) is 1.38. The highest BCUT2D eigenvalue weighted by molar-refractivity contribution is 5.36. The lowest BCUT2D eigenvalue weighted by atomic mass is 10.3. The molecule has 0 radical (unpaired) electrons. The lowest BCUT2D eigenvalue weighted by Crippen LogP contribution is -2.34. The third kappa shape index (κ3) is 2.22. The predicted octanol–water partition coefficient (Wildman–Crippen LogP) is 1.28. The number of aromatic nitrogens is 2. The Labute approximate surface area is 87.9 Å². The summed E-state index contributed by atoms with van der Waals surface area (Å²) in [6.07, 6.45) is 1.58. The number of ether oxygens (including phenoxy) is 1. The van der Waals surface area contributed by atoms with E-state index in [-0.39, 0.29) is 0 Å². The van der Waals surface area contributed by atoms with Gasteiger partial charge in [0.2, 0.25) is 0 Å². The number of nitrogen functional groups attached to an aromatic ring is 1. The van der Waals surface area contributed by atoms with E-state index >= 15 is 0 Å². The van der Waals surface area contributed by atoms with Crippen LogP contribution < -0.4 is 15.2 Å². The van der Waals surface area contributed by atoms with E-state index in [1.165, 1.54) is 0 Å². The first-order chi connectivity index (χ1) is 7.25. The average molecular weight is 202 g/mol. The van der Waals surface area contributed by atoms with Gasteiger partial charge in [0.1, 0.15) is 11.9 Å². The van der Waals surface area contributed by atoms with Gasteiger partial charge >= 0.3 is 5.88 Å². The SMILES string of the molecule is C[n+]1ncc(N)cc1Oc1ccccc1. The maximum atomic E-state index is 5.63. The Bertz CT molecular complexity index is 457. The van der Waals surface area contributed by atoms with E-state index in [0.29, 0.717) is 11.6 Å². The van der Waals surface area contributed by atoms with Gasteiger partial charge in [0.15, 0.2) is 7.05 Å². The zero-order valence-corrected chi connectivity index (χ0v) is 8.42. The van der Waals surface area contributed by atoms with Crippen molar-refractivity contribution >= 4 is 5.69 Å². The second kappa shape index (κ2) is 3.96. The lowest BCUT2D eigenvalue weighted by molar-refractivity contribution is -0.734. The smallest absolute Gasteiger partial charge is 0.400 e. The molecule has 15 heavy (non-hydrogen) atoms. The van der Waals surface area contributed by atoms with Gasteiger partial charge in [0, 0.05) is 0 Å². The van der Waals surface area contributed by atoms with Crippen LogP contribution in [0.3, 0.4) is 0 Å². The summed E-state index contributed by atoms with van der Waals surface area (Å²) in [7, 11) is 1.80. The van der Waals surface area contributed by atoms with Gasteiger partial charge in [-0.05, 0) is 17.2 Å². The van der Waals surface area contributed by atoms with Crippen molar-refractivity contribution in [3.05, 3.63) is 42.6 Å². The van der Waals surface area contributed by atoms with Gasteiger partial charge in [0.05, 0.1) is 11.8 Å². The molecule has 0 spiro atoms. The fourth-order valence-electron chi connectivity index (χ4n) is 1.19. The third-order valence-corrected chi connectivity index (χ3v) is 1.95. The van der Waals surface area contributed by atoms with Crippen LogP contribution >= 0.6 is 0 Å². The molecule has 0 unspecified atom stereocenters. The number of hydrogen-bond donors (Lipinski definition) is 1. The van der Waals surface area contributed by atoms with Crippen molar-refractivity contribution in [2.24, 2.45) is 7.05 Å². The summed E-state index contributed by atoms with van der Waals surface area (Å²) in [5.41, 5.74) is 6.21. The number of nitrogens with two attached hydrogens (primary N) is 1. The van der Waals surface area contributed by atoms with Gasteiger partial charge in [-0.25, -0.2) is 0 Å². The molecule has 0 aliphatic heterocycles. The van der Waals surface area contributed by atoms with Crippen molar-refractivity contribution in [1.82, 2.24) is 5.10 Å². The molecule has 1 heterocycles. The van der Waals surface area contributed by atoms with Crippen LogP contribution in [0.25, 0.3) is 0 Å². The van der Waals surface area contributed by atoms with Crippen LogP contribution in [0.5, 0.6) is 11.6 Å². The van der Waals surface area contributed by atoms with Gasteiger partial charge < -0.3 is 10.5 Å². The highest BCUT2D eigenvalue weighted by Gasteiger charge is 2.10. The summed E-state index contributed by atoms with van der Waals surface area (Å²) in [6.45, 7) is 0. The van der Waals surface area contributed by atoms with Crippen molar-refractivity contribution in [3.8, 4) is 11.6 Å². The minimum Gasteiger partial charge on any atom is -0.403 e. The summed E-state index contributed by atoms with van der Waals surface area (Å²) in [6, 6.07) is 11.3. The van der Waals surface area contributed by atoms with Crippen LogP contribution in [0.15, 0.2) is 42.6 Å². The number of rotatable bonds is 2. The predicted molar refractivity (Wildman–Crippen MR) is 56.3 cm³/mol. The number of hydrogen-bond acceptors (Lipinski definition) is 3. The minimum atomic E-state index is 0.582. The largest absolute Gasteiger partial charge is 0.403 e. The molecule has 0 saturated carbocycles. The minimum absolute atomic E-state index is 0.582. The highest BCUT2D eigenvalue weighted by Crippen LogP contribution is 2.17. The molecule has 1 aromatic heterocycles. The van der Waals surface area contributed by atoms with E-state index in [4.69, 9.17) is 10.5 Å². The van der Waals surface area contributed by atoms with E-state index in [2.05, 4.69) is 5.10 Å². The first kappa shape index (κ1) is 9.45. The third-order valence-electron chi connectivity index (χ3n) is 1.95. The first-order valence-corrected chi connectivity index (χ1v) is 4.60. The second-order valence-corrected chi connectivity index (χ2v) is 3.17. The molecule has 1 aromatic carbocycles. The Hall–Kier alpha value is -2.10. The van der Waals surface area contributed by atoms with Gasteiger partial charge in [-0.15, -0.1) is 0 Å². The molecule has 0 atom stereocenters. The topological polar surface area (TPSA) is 52.0 Å². The Morgan fingerprint density at radius 2 is 2.00 bits per heavy atom. The molecule has 0 saturated heterocycles. The average Bonchev–Trinajstić information content (AvgIpc) is 2.25. The molecule has 4 heteroatoms. The number of anilines is 1. The Kier molecular flexibility index (Phi) is 2.49. The number of aryl methyl sites for hydroxylation is 1. The van der Waals surface area contributed by atoms with E-state index < -0.39 is 0 Å². The molecular weight excluding hydrogens is 190 g/mol. The van der Waals surface area contributed by atoms with Gasteiger partial charge in [-0.1, -0.05) is 22.9 Å². The van der Waals surface area contributed by atoms with E-state index in [1.54, 1.807) is 24.0 Å². The molecule has 0 aliphatic rings. The molecule has 4 nitrogen and oxygen atoms in total. The maximum Gasteiger partial charge on any atom is 0.400 e. The molecule has 2 N–H and O–H groups in total. The summed E-state index contributed by atoms with van der Waals surface area (Å²) < 4.78 is 7.24. The van der Waals surface area contributed by atoms with Crippen LogP contribution in [-0.2, 0) is 7.05 Å². The van der Waals surface area contributed by atoms with Crippen LogP contribution in [0, 0.1) is 0 Å². The molecule has 0 amide bonds. The molecule has 76 valence electrons. The molecule has 0 bridgehead atoms. The zero-order valence-electron chi connectivity index (χ0n) is 8.42. The molecule has 2 aromatic rings. The van der Waals surface area contributed by atoms with Gasteiger partial charge in [-0.3, -0.25) is 0 Å². The second-order valence-electron chi connectivity index (χ2n) is 3.17. The quantitative estimate of drug-likeness (QED) is 0.746. The van der Waals surface area contributed by atoms with E-state index in [0.717, 1.165) is 5.75 Å². The highest BCUT2D eigenvalue weighted by atomic mass is 16.5. The normalized spacial score (nSPS) is 9.93. The van der Waals surface area contributed by atoms with Crippen LogP contribution in [0.4, 0.5) is 5.69 Å². The summed E-state index contributed by atoms with van der Waals surface area (Å²) in [4.78, 5) is 0. The number of para-hydroxylation sites is 1. The van der Waals surface area contributed by atoms with Crippen LogP contribution in [0.1, 0.15) is 0 Å². The van der Waals surface area contributed by atoms with Crippen molar-refractivity contribution < 1.29 is 9.42 Å². The maximum absolute atomic E-state index is 5.63. The Balaban J connectivity index is 2.28. The van der Waals surface area contributed by atoms with Crippen molar-refractivity contribution in [2.45, 2.75) is 0 Å². The molecule has 0 fully saturated rings. The number of benzene rings is 1. The fourth-order valence-corrected chi connectivity index (χ4v) is 1.19. The van der Waals surface area contributed by atoms with Gasteiger partial charge in [-0.2, -0.15) is 0 Å². The van der Waals surface area contributed by atoms with Crippen molar-refractivity contribution in [2.75, 3.05) is 5.73 Å². The summed E-state index contributed by atoms with van der Waals surface area (Å²) >= 11 is 0. The first-order valence-electron chi connectivity index (χ1n) is 4.60. The Morgan fingerprint density at radius 3 is 2.73 bits per heavy atom. The summed E-state index contributed by atoms with van der Waals surface area (Å²) in [5, 5.41) is 4.04. The molecule has 0 aliphatic carbocycles. The van der Waals surface area contributed by atoms with Crippen molar-refractivity contribution in [1.29, 1.82) is 0 Å². The molecule has 2 rings (SSSR count). The van der Waals surface area contributed by atoms with E-state index in [9.17, 15) is 0 Å². The van der Waals surface area contributed by atoms with E-state index in [1.807, 2.05) is 30.3 Å². The van der Waals surface area contributed by atoms with Crippen LogP contribution in [0.2, 0.25) is 0 Å². The van der Waals surface area contributed by atoms with Crippen LogP contribution in [-0.4, -0.2) is 5.10 Å². The fraction of sp³-hybridized carbons (Fsp3) is 0.0909. The standard InChI is InChI=1S/C11H11N3O/c1-14-11(7-9(12)8-13-14)15-10-5-3-2-4-6-10/h2-8,12H,1H3/p+1. The Morgan fingerprint density at radius 1 is 1.27 bits per heavy atom. The molecular formula is C11H12N3O+. The number of nitrogens with zero attached hydrogens (tertiary/aromatic N) is 2. The van der Waals surface area contributed by atoms with Gasteiger partial charge in [0.25, 0.3) is 0 Å². The lowest BCUT2D eigenvalue weighted by Gasteiger charge is -2.01. The van der Waals surface area contributed by atoms with Crippen molar-refractivity contribution in [3.63, 3.8) is 0 Å².